The number of hydrogen-bond acceptors (Lipinski definition) is 7. The molecule has 7 nitrogen and oxygen atoms in total. The summed E-state index contributed by atoms with van der Waals surface area (Å²) in [5.74, 6) is 1.91. The van der Waals surface area contributed by atoms with E-state index in [2.05, 4.69) is 26.3 Å². The monoisotopic (exact) mass is 382 g/mol. The first-order chi connectivity index (χ1) is 14.2. The number of nitriles is 1. The van der Waals surface area contributed by atoms with Crippen LogP contribution in [0.4, 0.5) is 5.82 Å². The van der Waals surface area contributed by atoms with Gasteiger partial charge in [-0.2, -0.15) is 5.26 Å². The summed E-state index contributed by atoms with van der Waals surface area (Å²) in [5.41, 5.74) is 3.66. The van der Waals surface area contributed by atoms with Gasteiger partial charge in [-0.05, 0) is 54.4 Å². The van der Waals surface area contributed by atoms with Crippen molar-refractivity contribution >= 4 is 16.7 Å². The van der Waals surface area contributed by atoms with E-state index in [0.29, 0.717) is 35.2 Å². The first-order valence-corrected chi connectivity index (χ1v) is 9.16. The van der Waals surface area contributed by atoms with Crippen LogP contribution in [0.1, 0.15) is 12.6 Å². The van der Waals surface area contributed by atoms with E-state index < -0.39 is 0 Å². The Kier molecular flexibility index (Phi) is 4.99. The molecular weight excluding hydrogens is 364 g/mol. The van der Waals surface area contributed by atoms with Crippen molar-refractivity contribution in [1.82, 2.24) is 19.9 Å². The summed E-state index contributed by atoms with van der Waals surface area (Å²) in [4.78, 5) is 17.6. The molecule has 4 aromatic rings. The predicted molar refractivity (Wildman–Crippen MR) is 111 cm³/mol. The van der Waals surface area contributed by atoms with Gasteiger partial charge in [0.15, 0.2) is 5.82 Å². The highest BCUT2D eigenvalue weighted by atomic mass is 16.5. The van der Waals surface area contributed by atoms with Gasteiger partial charge in [-0.25, -0.2) is 15.0 Å². The zero-order chi connectivity index (χ0) is 20.2. The molecular formula is C22H18N6O. The molecule has 4 rings (SSSR count). The maximum absolute atomic E-state index is 9.17. The molecule has 0 spiro atoms. The van der Waals surface area contributed by atoms with E-state index in [1.54, 1.807) is 24.7 Å². The van der Waals surface area contributed by atoms with Crippen LogP contribution in [-0.4, -0.2) is 33.6 Å². The van der Waals surface area contributed by atoms with E-state index in [9.17, 15) is 0 Å². The highest BCUT2D eigenvalue weighted by Crippen LogP contribution is 2.36. The van der Waals surface area contributed by atoms with Crippen molar-refractivity contribution in [3.63, 3.8) is 0 Å². The topological polar surface area (TPSA) is 96.6 Å². The number of anilines is 1. The van der Waals surface area contributed by atoms with Gasteiger partial charge in [-0.3, -0.25) is 4.98 Å². The van der Waals surface area contributed by atoms with Crippen molar-refractivity contribution < 1.29 is 4.74 Å². The molecule has 1 N–H and O–H groups in total. The van der Waals surface area contributed by atoms with Crippen LogP contribution in [0.3, 0.4) is 0 Å². The summed E-state index contributed by atoms with van der Waals surface area (Å²) in [7, 11) is 1.82. The maximum Gasteiger partial charge on any atom is 0.163 e. The number of ether oxygens (including phenoxy) is 1. The van der Waals surface area contributed by atoms with Crippen molar-refractivity contribution in [2.45, 2.75) is 6.92 Å². The SMILES string of the molecule is CCOc1cc(-c2ccnc(C#N)c2)cc2c(NC)nc(-c3cccnc3)nc12. The second-order valence-corrected chi connectivity index (χ2v) is 6.23. The van der Waals surface area contributed by atoms with E-state index >= 15 is 0 Å². The molecule has 3 aromatic heterocycles. The van der Waals surface area contributed by atoms with E-state index in [1.165, 1.54) is 0 Å². The second kappa shape index (κ2) is 7.90. The number of nitrogens with one attached hydrogen (secondary N) is 1. The molecule has 0 bridgehead atoms. The minimum atomic E-state index is 0.359. The fourth-order valence-corrected chi connectivity index (χ4v) is 3.12. The number of hydrogen-bond donors (Lipinski definition) is 1. The Hall–Kier alpha value is -4.05. The van der Waals surface area contributed by atoms with Gasteiger partial charge >= 0.3 is 0 Å². The van der Waals surface area contributed by atoms with E-state index in [0.717, 1.165) is 22.1 Å². The van der Waals surface area contributed by atoms with Crippen LogP contribution in [0.25, 0.3) is 33.4 Å². The molecule has 142 valence electrons. The van der Waals surface area contributed by atoms with Crippen LogP contribution in [0.2, 0.25) is 0 Å². The third-order valence-electron chi connectivity index (χ3n) is 4.43. The van der Waals surface area contributed by atoms with Crippen molar-refractivity contribution in [1.29, 1.82) is 5.26 Å². The van der Waals surface area contributed by atoms with E-state index in [1.807, 2.05) is 44.3 Å². The molecule has 0 fully saturated rings. The highest BCUT2D eigenvalue weighted by Gasteiger charge is 2.15. The lowest BCUT2D eigenvalue weighted by atomic mass is 10.0. The zero-order valence-electron chi connectivity index (χ0n) is 16.0. The zero-order valence-corrected chi connectivity index (χ0v) is 16.0. The molecule has 0 saturated carbocycles. The molecule has 1 aromatic carbocycles. The molecule has 0 atom stereocenters. The number of pyridine rings is 2. The van der Waals surface area contributed by atoms with Crippen LogP contribution in [0, 0.1) is 11.3 Å². The molecule has 0 aliphatic heterocycles. The number of fused-ring (bicyclic) bond motifs is 1. The average Bonchev–Trinajstić information content (AvgIpc) is 2.79. The first-order valence-electron chi connectivity index (χ1n) is 9.16. The van der Waals surface area contributed by atoms with Crippen molar-refractivity contribution in [2.75, 3.05) is 19.0 Å². The van der Waals surface area contributed by atoms with Gasteiger partial charge in [0.2, 0.25) is 0 Å². The average molecular weight is 382 g/mol. The fraction of sp³-hybridized carbons (Fsp3) is 0.136. The van der Waals surface area contributed by atoms with Gasteiger partial charge in [0, 0.05) is 36.6 Å². The molecule has 7 heteroatoms. The number of rotatable bonds is 5. The lowest BCUT2D eigenvalue weighted by molar-refractivity contribution is 0.344. The summed E-state index contributed by atoms with van der Waals surface area (Å²) in [5, 5.41) is 13.2. The minimum Gasteiger partial charge on any atom is -0.492 e. The Balaban J connectivity index is 1.97. The molecule has 3 heterocycles. The summed E-state index contributed by atoms with van der Waals surface area (Å²) in [6.45, 7) is 2.43. The number of benzene rings is 1. The molecule has 0 aliphatic carbocycles. The van der Waals surface area contributed by atoms with Crippen molar-refractivity contribution in [3.8, 4) is 34.3 Å². The Morgan fingerprint density at radius 1 is 1.07 bits per heavy atom. The summed E-state index contributed by atoms with van der Waals surface area (Å²) < 4.78 is 5.91. The van der Waals surface area contributed by atoms with Crippen LogP contribution < -0.4 is 10.1 Å². The number of nitrogens with zero attached hydrogens (tertiary/aromatic N) is 5. The summed E-state index contributed by atoms with van der Waals surface area (Å²) >= 11 is 0. The largest absolute Gasteiger partial charge is 0.492 e. The smallest absolute Gasteiger partial charge is 0.163 e. The molecule has 0 radical (unpaired) electrons. The van der Waals surface area contributed by atoms with Gasteiger partial charge < -0.3 is 10.1 Å². The third kappa shape index (κ3) is 3.56. The number of aromatic nitrogens is 4. The maximum atomic E-state index is 9.17. The Morgan fingerprint density at radius 3 is 2.69 bits per heavy atom. The highest BCUT2D eigenvalue weighted by molar-refractivity contribution is 5.97. The molecule has 0 amide bonds. The minimum absolute atomic E-state index is 0.359. The van der Waals surface area contributed by atoms with Gasteiger partial charge in [0.25, 0.3) is 0 Å². The molecule has 0 unspecified atom stereocenters. The molecule has 29 heavy (non-hydrogen) atoms. The fourth-order valence-electron chi connectivity index (χ4n) is 3.12. The van der Waals surface area contributed by atoms with Gasteiger partial charge in [-0.15, -0.1) is 0 Å². The lowest BCUT2D eigenvalue weighted by Crippen LogP contribution is -2.02. The Labute approximate surface area is 168 Å². The lowest BCUT2D eigenvalue weighted by Gasteiger charge is -2.14. The Bertz CT molecular complexity index is 1220. The van der Waals surface area contributed by atoms with Crippen molar-refractivity contribution in [3.05, 3.63) is 60.7 Å². The van der Waals surface area contributed by atoms with Gasteiger partial charge in [0.05, 0.1) is 6.61 Å². The quantitative estimate of drug-likeness (QED) is 0.556. The summed E-state index contributed by atoms with van der Waals surface area (Å²) in [6, 6.07) is 13.4. The second-order valence-electron chi connectivity index (χ2n) is 6.23. The Morgan fingerprint density at radius 2 is 1.97 bits per heavy atom. The predicted octanol–water partition coefficient (Wildman–Crippen LogP) is 4.07. The van der Waals surface area contributed by atoms with Gasteiger partial charge in [0.1, 0.15) is 28.8 Å². The van der Waals surface area contributed by atoms with E-state index in [-0.39, 0.29) is 0 Å². The van der Waals surface area contributed by atoms with Crippen LogP contribution in [0.15, 0.2) is 55.0 Å². The normalized spacial score (nSPS) is 10.5. The third-order valence-corrected chi connectivity index (χ3v) is 4.43. The summed E-state index contributed by atoms with van der Waals surface area (Å²) in [6.07, 6.45) is 5.07. The molecule has 0 saturated heterocycles. The van der Waals surface area contributed by atoms with Crippen molar-refractivity contribution in [2.24, 2.45) is 0 Å². The van der Waals surface area contributed by atoms with Crippen LogP contribution in [0.5, 0.6) is 5.75 Å². The standard InChI is InChI=1S/C22H18N6O/c1-3-29-19-11-16(14-6-8-26-17(9-14)12-23)10-18-20(19)27-21(28-22(18)24-2)15-5-4-7-25-13-15/h4-11,13H,3H2,1-2H3,(H,24,27,28). The van der Waals surface area contributed by atoms with Crippen LogP contribution >= 0.6 is 0 Å². The van der Waals surface area contributed by atoms with E-state index in [4.69, 9.17) is 15.0 Å². The van der Waals surface area contributed by atoms with Crippen LogP contribution in [-0.2, 0) is 0 Å². The molecule has 0 aliphatic rings. The first kappa shape index (κ1) is 18.3. The van der Waals surface area contributed by atoms with Gasteiger partial charge in [-0.1, -0.05) is 0 Å².